The van der Waals surface area contributed by atoms with E-state index >= 15 is 0 Å². The second-order valence-corrected chi connectivity index (χ2v) is 6.32. The van der Waals surface area contributed by atoms with Crippen molar-refractivity contribution in [1.29, 1.82) is 0 Å². The molecule has 1 saturated heterocycles. The van der Waals surface area contributed by atoms with Gasteiger partial charge in [-0.15, -0.1) is 11.3 Å². The third-order valence-electron chi connectivity index (χ3n) is 4.14. The first-order valence-electron chi connectivity index (χ1n) is 7.74. The Hall–Kier alpha value is -1.72. The number of aromatic nitrogens is 1. The molecule has 0 aliphatic carbocycles. The van der Waals surface area contributed by atoms with Crippen LogP contribution in [0.3, 0.4) is 0 Å². The van der Waals surface area contributed by atoms with Crippen molar-refractivity contribution in [2.45, 2.75) is 19.9 Å². The molecule has 1 fully saturated rings. The van der Waals surface area contributed by atoms with Crippen molar-refractivity contribution in [3.05, 3.63) is 52.0 Å². The number of carbonyl (C=O) groups excluding carboxylic acids is 1. The van der Waals surface area contributed by atoms with E-state index in [1.807, 2.05) is 34.7 Å². The fourth-order valence-electron chi connectivity index (χ4n) is 2.72. The Kier molecular flexibility index (Phi) is 4.85. The van der Waals surface area contributed by atoms with Crippen molar-refractivity contribution in [1.82, 2.24) is 14.8 Å². The lowest BCUT2D eigenvalue weighted by Gasteiger charge is -2.34. The van der Waals surface area contributed by atoms with Gasteiger partial charge < -0.3 is 4.90 Å². The van der Waals surface area contributed by atoms with Gasteiger partial charge in [-0.25, -0.2) is 4.98 Å². The zero-order chi connectivity index (χ0) is 15.4. The van der Waals surface area contributed by atoms with Gasteiger partial charge in [0.25, 0.3) is 5.91 Å². The highest BCUT2D eigenvalue weighted by Gasteiger charge is 2.22. The summed E-state index contributed by atoms with van der Waals surface area (Å²) in [7, 11) is 0. The highest BCUT2D eigenvalue weighted by Crippen LogP contribution is 2.13. The van der Waals surface area contributed by atoms with Crippen molar-refractivity contribution in [2.75, 3.05) is 26.2 Å². The van der Waals surface area contributed by atoms with Gasteiger partial charge >= 0.3 is 0 Å². The molecule has 22 heavy (non-hydrogen) atoms. The summed E-state index contributed by atoms with van der Waals surface area (Å²) < 4.78 is 0. The van der Waals surface area contributed by atoms with Crippen LogP contribution in [0.2, 0.25) is 0 Å². The number of nitrogens with zero attached hydrogens (tertiary/aromatic N) is 3. The highest BCUT2D eigenvalue weighted by atomic mass is 32.1. The molecule has 0 spiro atoms. The van der Waals surface area contributed by atoms with Crippen LogP contribution in [0.15, 0.2) is 35.2 Å². The molecule has 1 aromatic carbocycles. The molecule has 0 atom stereocenters. The third-order valence-corrected chi connectivity index (χ3v) is 4.77. The van der Waals surface area contributed by atoms with E-state index in [1.165, 1.54) is 5.56 Å². The number of carbonyl (C=O) groups is 1. The van der Waals surface area contributed by atoms with Gasteiger partial charge in [-0.2, -0.15) is 0 Å². The smallest absolute Gasteiger partial charge is 0.253 e. The minimum atomic E-state index is 0.149. The second-order valence-electron chi connectivity index (χ2n) is 5.60. The van der Waals surface area contributed by atoms with Crippen LogP contribution in [0.5, 0.6) is 0 Å². The molecule has 0 N–H and O–H groups in total. The number of hydrogen-bond acceptors (Lipinski definition) is 4. The first kappa shape index (κ1) is 15.2. The van der Waals surface area contributed by atoms with E-state index in [-0.39, 0.29) is 5.91 Å². The van der Waals surface area contributed by atoms with Crippen LogP contribution in [0.25, 0.3) is 0 Å². The van der Waals surface area contributed by atoms with E-state index < -0.39 is 0 Å². The van der Waals surface area contributed by atoms with Crippen LogP contribution in [-0.2, 0) is 13.0 Å². The summed E-state index contributed by atoms with van der Waals surface area (Å²) in [5, 5.41) is 2.09. The lowest BCUT2D eigenvalue weighted by molar-refractivity contribution is 0.0627. The van der Waals surface area contributed by atoms with Gasteiger partial charge in [-0.3, -0.25) is 9.69 Å². The molecule has 0 bridgehead atoms. The van der Waals surface area contributed by atoms with Crippen LogP contribution in [0.1, 0.15) is 28.5 Å². The lowest BCUT2D eigenvalue weighted by atomic mass is 10.1. The molecular formula is C17H21N3OS. The maximum absolute atomic E-state index is 12.5. The lowest BCUT2D eigenvalue weighted by Crippen LogP contribution is -2.48. The van der Waals surface area contributed by atoms with Gasteiger partial charge in [0.05, 0.1) is 11.2 Å². The van der Waals surface area contributed by atoms with E-state index in [2.05, 4.69) is 22.2 Å². The molecule has 4 nitrogen and oxygen atoms in total. The molecule has 3 rings (SSSR count). The Morgan fingerprint density at radius 2 is 1.91 bits per heavy atom. The number of hydrogen-bond donors (Lipinski definition) is 0. The Labute approximate surface area is 135 Å². The molecule has 0 radical (unpaired) electrons. The normalized spacial score (nSPS) is 16.0. The molecule has 2 aromatic rings. The second kappa shape index (κ2) is 7.03. The number of thiazole rings is 1. The summed E-state index contributed by atoms with van der Waals surface area (Å²) in [6.45, 7) is 6.42. The molecule has 1 aliphatic heterocycles. The highest BCUT2D eigenvalue weighted by molar-refractivity contribution is 7.07. The van der Waals surface area contributed by atoms with Crippen molar-refractivity contribution >= 4 is 17.2 Å². The van der Waals surface area contributed by atoms with Gasteiger partial charge in [0.15, 0.2) is 0 Å². The summed E-state index contributed by atoms with van der Waals surface area (Å²) in [6, 6.07) is 7.99. The van der Waals surface area contributed by atoms with Crippen molar-refractivity contribution in [3.63, 3.8) is 0 Å². The number of aryl methyl sites for hydroxylation is 1. The fourth-order valence-corrected chi connectivity index (χ4v) is 3.27. The van der Waals surface area contributed by atoms with Gasteiger partial charge in [-0.05, 0) is 24.1 Å². The van der Waals surface area contributed by atoms with E-state index in [1.54, 1.807) is 11.3 Å². The minimum absolute atomic E-state index is 0.149. The molecule has 2 heterocycles. The predicted molar refractivity (Wildman–Crippen MR) is 89.1 cm³/mol. The van der Waals surface area contributed by atoms with Crippen molar-refractivity contribution in [3.8, 4) is 0 Å². The zero-order valence-corrected chi connectivity index (χ0v) is 13.7. The van der Waals surface area contributed by atoms with Gasteiger partial charge in [0, 0.05) is 43.7 Å². The SMILES string of the molecule is CCc1ccc(C(=O)N2CCN(Cc3cscn3)CC2)cc1. The van der Waals surface area contributed by atoms with Crippen LogP contribution in [0.4, 0.5) is 0 Å². The van der Waals surface area contributed by atoms with Crippen LogP contribution >= 0.6 is 11.3 Å². The molecule has 116 valence electrons. The van der Waals surface area contributed by atoms with Crippen LogP contribution in [0, 0.1) is 0 Å². The molecule has 1 amide bonds. The summed E-state index contributed by atoms with van der Waals surface area (Å²) in [4.78, 5) is 21.2. The Bertz CT molecular complexity index is 601. The molecule has 5 heteroatoms. The average Bonchev–Trinajstić information content (AvgIpc) is 3.08. The minimum Gasteiger partial charge on any atom is -0.336 e. The standard InChI is InChI=1S/C17H21N3OS/c1-2-14-3-5-15(6-4-14)17(21)20-9-7-19(8-10-20)11-16-12-22-13-18-16/h3-6,12-13H,2,7-11H2,1H3. The Morgan fingerprint density at radius 1 is 1.18 bits per heavy atom. The van der Waals surface area contributed by atoms with Crippen molar-refractivity contribution in [2.24, 2.45) is 0 Å². The van der Waals surface area contributed by atoms with E-state index in [4.69, 9.17) is 0 Å². The first-order chi connectivity index (χ1) is 10.8. The molecule has 1 aliphatic rings. The predicted octanol–water partition coefficient (Wildman–Crippen LogP) is 2.66. The van der Waals surface area contributed by atoms with Gasteiger partial charge in [-0.1, -0.05) is 19.1 Å². The summed E-state index contributed by atoms with van der Waals surface area (Å²) in [6.07, 6.45) is 1.00. The van der Waals surface area contributed by atoms with Gasteiger partial charge in [0.2, 0.25) is 0 Å². The van der Waals surface area contributed by atoms with Crippen molar-refractivity contribution < 1.29 is 4.79 Å². The van der Waals surface area contributed by atoms with E-state index in [9.17, 15) is 4.79 Å². The molecule has 0 unspecified atom stereocenters. The topological polar surface area (TPSA) is 36.4 Å². The first-order valence-corrected chi connectivity index (χ1v) is 8.68. The molecular weight excluding hydrogens is 294 g/mol. The average molecular weight is 315 g/mol. The summed E-state index contributed by atoms with van der Waals surface area (Å²) >= 11 is 1.63. The summed E-state index contributed by atoms with van der Waals surface area (Å²) in [5.74, 6) is 0.149. The number of rotatable bonds is 4. The van der Waals surface area contributed by atoms with E-state index in [0.717, 1.165) is 50.4 Å². The van der Waals surface area contributed by atoms with Crippen LogP contribution in [-0.4, -0.2) is 46.9 Å². The number of amides is 1. The van der Waals surface area contributed by atoms with Crippen LogP contribution < -0.4 is 0 Å². The maximum atomic E-state index is 12.5. The number of piperazine rings is 1. The molecule has 1 aromatic heterocycles. The zero-order valence-electron chi connectivity index (χ0n) is 12.9. The van der Waals surface area contributed by atoms with Gasteiger partial charge in [0.1, 0.15) is 0 Å². The fraction of sp³-hybridized carbons (Fsp3) is 0.412. The van der Waals surface area contributed by atoms with E-state index in [0.29, 0.717) is 0 Å². The Morgan fingerprint density at radius 3 is 2.50 bits per heavy atom. The number of benzene rings is 1. The summed E-state index contributed by atoms with van der Waals surface area (Å²) in [5.41, 5.74) is 5.06. The maximum Gasteiger partial charge on any atom is 0.253 e. The monoisotopic (exact) mass is 315 g/mol. The third kappa shape index (κ3) is 3.54. The quantitative estimate of drug-likeness (QED) is 0.870. The molecule has 0 saturated carbocycles. The largest absolute Gasteiger partial charge is 0.336 e. The Balaban J connectivity index is 1.54.